The van der Waals surface area contributed by atoms with E-state index in [9.17, 15) is 13.6 Å². The fraction of sp³-hybridized carbons (Fsp3) is 0. The van der Waals surface area contributed by atoms with Crippen molar-refractivity contribution in [2.45, 2.75) is 0 Å². The van der Waals surface area contributed by atoms with Gasteiger partial charge < -0.3 is 5.32 Å². The van der Waals surface area contributed by atoms with Crippen LogP contribution in [-0.2, 0) is 0 Å². The Hall–Kier alpha value is -1.82. The van der Waals surface area contributed by atoms with Crippen LogP contribution in [0.1, 0.15) is 10.4 Å². The highest BCUT2D eigenvalue weighted by molar-refractivity contribution is 9.10. The zero-order valence-electron chi connectivity index (χ0n) is 8.95. The molecular formula is C12H7BrF2N2O. The Bertz CT molecular complexity index is 604. The molecule has 1 amide bonds. The lowest BCUT2D eigenvalue weighted by Crippen LogP contribution is -2.12. The molecule has 1 aromatic heterocycles. The van der Waals surface area contributed by atoms with Crippen LogP contribution >= 0.6 is 15.9 Å². The number of rotatable bonds is 2. The van der Waals surface area contributed by atoms with Crippen molar-refractivity contribution in [1.29, 1.82) is 0 Å². The molecule has 2 aromatic rings. The summed E-state index contributed by atoms with van der Waals surface area (Å²) in [4.78, 5) is 15.7. The number of aromatic nitrogens is 1. The van der Waals surface area contributed by atoms with Gasteiger partial charge in [0.25, 0.3) is 5.91 Å². The van der Waals surface area contributed by atoms with E-state index in [0.29, 0.717) is 10.2 Å². The van der Waals surface area contributed by atoms with E-state index >= 15 is 0 Å². The highest BCUT2D eigenvalue weighted by Gasteiger charge is 2.08. The van der Waals surface area contributed by atoms with Crippen molar-refractivity contribution >= 4 is 27.5 Å². The van der Waals surface area contributed by atoms with E-state index in [1.54, 1.807) is 0 Å². The Morgan fingerprint density at radius 3 is 2.61 bits per heavy atom. The van der Waals surface area contributed by atoms with Crippen LogP contribution in [0.25, 0.3) is 0 Å². The van der Waals surface area contributed by atoms with Crippen LogP contribution in [-0.4, -0.2) is 10.9 Å². The van der Waals surface area contributed by atoms with Gasteiger partial charge in [0.1, 0.15) is 4.60 Å². The molecule has 18 heavy (non-hydrogen) atoms. The number of pyridine rings is 1. The van der Waals surface area contributed by atoms with Gasteiger partial charge in [-0.15, -0.1) is 0 Å². The van der Waals surface area contributed by atoms with Crippen LogP contribution in [0, 0.1) is 11.6 Å². The van der Waals surface area contributed by atoms with Gasteiger partial charge >= 0.3 is 0 Å². The molecule has 0 atom stereocenters. The van der Waals surface area contributed by atoms with Crippen LogP contribution in [0.5, 0.6) is 0 Å². The minimum Gasteiger partial charge on any atom is -0.322 e. The summed E-state index contributed by atoms with van der Waals surface area (Å²) in [6.07, 6.45) is 1.46. The van der Waals surface area contributed by atoms with Crippen LogP contribution in [0.15, 0.2) is 41.1 Å². The summed E-state index contributed by atoms with van der Waals surface area (Å²) >= 11 is 3.14. The Morgan fingerprint density at radius 2 is 1.94 bits per heavy atom. The molecule has 0 aliphatic rings. The van der Waals surface area contributed by atoms with Crippen molar-refractivity contribution in [3.63, 3.8) is 0 Å². The van der Waals surface area contributed by atoms with E-state index in [-0.39, 0.29) is 5.69 Å². The maximum Gasteiger partial charge on any atom is 0.255 e. The number of hydrogen-bond donors (Lipinski definition) is 1. The van der Waals surface area contributed by atoms with E-state index in [4.69, 9.17) is 0 Å². The lowest BCUT2D eigenvalue weighted by molar-refractivity contribution is 0.102. The summed E-state index contributed by atoms with van der Waals surface area (Å²) in [6, 6.07) is 6.19. The molecule has 0 spiro atoms. The first kappa shape index (κ1) is 12.6. The number of nitrogens with zero attached hydrogens (tertiary/aromatic N) is 1. The Balaban J connectivity index is 2.18. The van der Waals surface area contributed by atoms with Gasteiger partial charge in [0.15, 0.2) is 11.6 Å². The Kier molecular flexibility index (Phi) is 3.66. The third-order valence-corrected chi connectivity index (χ3v) is 2.60. The fourth-order valence-electron chi connectivity index (χ4n) is 1.32. The third-order valence-electron chi connectivity index (χ3n) is 2.17. The standard InChI is InChI=1S/C12H7BrF2N2O/c13-11-5-7(3-4-16-11)12(18)17-8-1-2-9(14)10(15)6-8/h1-6H,(H,17,18). The smallest absolute Gasteiger partial charge is 0.255 e. The molecule has 92 valence electrons. The first-order valence-corrected chi connectivity index (χ1v) is 5.73. The molecule has 1 aromatic carbocycles. The van der Waals surface area contributed by atoms with Gasteiger partial charge in [-0.05, 0) is 40.2 Å². The summed E-state index contributed by atoms with van der Waals surface area (Å²) in [7, 11) is 0. The van der Waals surface area contributed by atoms with Crippen molar-refractivity contribution in [2.75, 3.05) is 5.32 Å². The maximum atomic E-state index is 13.0. The van der Waals surface area contributed by atoms with Gasteiger partial charge in [-0.3, -0.25) is 4.79 Å². The predicted molar refractivity (Wildman–Crippen MR) is 66.2 cm³/mol. The molecule has 0 aliphatic carbocycles. The lowest BCUT2D eigenvalue weighted by atomic mass is 10.2. The molecule has 0 saturated heterocycles. The summed E-state index contributed by atoms with van der Waals surface area (Å²) in [6.45, 7) is 0. The van der Waals surface area contributed by atoms with Crippen molar-refractivity contribution < 1.29 is 13.6 Å². The third kappa shape index (κ3) is 2.89. The highest BCUT2D eigenvalue weighted by atomic mass is 79.9. The van der Waals surface area contributed by atoms with Gasteiger partial charge in [0, 0.05) is 23.5 Å². The zero-order valence-corrected chi connectivity index (χ0v) is 10.5. The molecule has 2 rings (SSSR count). The molecule has 1 heterocycles. The second kappa shape index (κ2) is 5.22. The Morgan fingerprint density at radius 1 is 1.17 bits per heavy atom. The molecular weight excluding hydrogens is 306 g/mol. The van der Waals surface area contributed by atoms with Crippen molar-refractivity contribution in [3.05, 3.63) is 58.3 Å². The zero-order chi connectivity index (χ0) is 13.1. The van der Waals surface area contributed by atoms with Gasteiger partial charge in [-0.2, -0.15) is 0 Å². The van der Waals surface area contributed by atoms with Crippen LogP contribution in [0.2, 0.25) is 0 Å². The van der Waals surface area contributed by atoms with E-state index in [1.807, 2.05) is 0 Å². The molecule has 0 fully saturated rings. The molecule has 0 unspecified atom stereocenters. The number of carbonyl (C=O) groups excluding carboxylic acids is 1. The second-order valence-electron chi connectivity index (χ2n) is 3.45. The summed E-state index contributed by atoms with van der Waals surface area (Å²) in [5.41, 5.74) is 0.549. The van der Waals surface area contributed by atoms with E-state index < -0.39 is 17.5 Å². The predicted octanol–water partition coefficient (Wildman–Crippen LogP) is 3.37. The second-order valence-corrected chi connectivity index (χ2v) is 4.26. The summed E-state index contributed by atoms with van der Waals surface area (Å²) in [5, 5.41) is 2.46. The minimum atomic E-state index is -1.01. The van der Waals surface area contributed by atoms with Gasteiger partial charge in [0.05, 0.1) is 0 Å². The molecule has 0 radical (unpaired) electrons. The molecule has 6 heteroatoms. The number of amides is 1. The largest absolute Gasteiger partial charge is 0.322 e. The molecule has 1 N–H and O–H groups in total. The van der Waals surface area contributed by atoms with Crippen LogP contribution in [0.4, 0.5) is 14.5 Å². The van der Waals surface area contributed by atoms with Crippen molar-refractivity contribution in [3.8, 4) is 0 Å². The molecule has 3 nitrogen and oxygen atoms in total. The monoisotopic (exact) mass is 312 g/mol. The molecule has 0 bridgehead atoms. The van der Waals surface area contributed by atoms with Gasteiger partial charge in [-0.25, -0.2) is 13.8 Å². The number of benzene rings is 1. The van der Waals surface area contributed by atoms with E-state index in [0.717, 1.165) is 12.1 Å². The van der Waals surface area contributed by atoms with Crippen molar-refractivity contribution in [1.82, 2.24) is 4.98 Å². The first-order valence-electron chi connectivity index (χ1n) is 4.94. The van der Waals surface area contributed by atoms with Crippen LogP contribution in [0.3, 0.4) is 0 Å². The summed E-state index contributed by atoms with van der Waals surface area (Å²) < 4.78 is 26.2. The minimum absolute atomic E-state index is 0.187. The van der Waals surface area contributed by atoms with Crippen LogP contribution < -0.4 is 5.32 Å². The van der Waals surface area contributed by atoms with E-state index in [2.05, 4.69) is 26.2 Å². The van der Waals surface area contributed by atoms with Gasteiger partial charge in [-0.1, -0.05) is 0 Å². The highest BCUT2D eigenvalue weighted by Crippen LogP contribution is 2.15. The van der Waals surface area contributed by atoms with E-state index in [1.165, 1.54) is 24.4 Å². The molecule has 0 saturated carbocycles. The quantitative estimate of drug-likeness (QED) is 0.864. The summed E-state index contributed by atoms with van der Waals surface area (Å²) in [5.74, 6) is -2.40. The average Bonchev–Trinajstić information content (AvgIpc) is 2.34. The number of nitrogens with one attached hydrogen (secondary N) is 1. The number of carbonyl (C=O) groups is 1. The molecule has 0 aliphatic heterocycles. The van der Waals surface area contributed by atoms with Crippen molar-refractivity contribution in [2.24, 2.45) is 0 Å². The SMILES string of the molecule is O=C(Nc1ccc(F)c(F)c1)c1ccnc(Br)c1. The number of anilines is 1. The van der Waals surface area contributed by atoms with Gasteiger partial charge in [0.2, 0.25) is 0 Å². The Labute approximate surface area is 110 Å². The lowest BCUT2D eigenvalue weighted by Gasteiger charge is -2.05. The normalized spacial score (nSPS) is 10.2. The number of hydrogen-bond acceptors (Lipinski definition) is 2. The fourth-order valence-corrected chi connectivity index (χ4v) is 1.69. The topological polar surface area (TPSA) is 42.0 Å². The maximum absolute atomic E-state index is 13.0. The first-order chi connectivity index (χ1) is 8.56. The average molecular weight is 313 g/mol. The number of halogens is 3.